The summed E-state index contributed by atoms with van der Waals surface area (Å²) < 4.78 is 21.0. The van der Waals surface area contributed by atoms with E-state index in [4.69, 9.17) is 26.3 Å². The first-order chi connectivity index (χ1) is 16.9. The molecule has 35 heavy (non-hydrogen) atoms. The predicted molar refractivity (Wildman–Crippen MR) is 136 cm³/mol. The number of ether oxygens (including phenoxy) is 1. The van der Waals surface area contributed by atoms with Crippen molar-refractivity contribution in [1.82, 2.24) is 19.5 Å². The number of imidazole rings is 1. The van der Waals surface area contributed by atoms with E-state index in [0.29, 0.717) is 16.9 Å². The summed E-state index contributed by atoms with van der Waals surface area (Å²) in [5, 5.41) is 3.76. The summed E-state index contributed by atoms with van der Waals surface area (Å²) in [7, 11) is 5.60. The van der Waals surface area contributed by atoms with Crippen molar-refractivity contribution in [3.63, 3.8) is 0 Å². The van der Waals surface area contributed by atoms with Crippen molar-refractivity contribution < 1.29 is 9.13 Å². The summed E-state index contributed by atoms with van der Waals surface area (Å²) in [6.45, 7) is 0. The van der Waals surface area contributed by atoms with Crippen molar-refractivity contribution >= 4 is 29.1 Å². The van der Waals surface area contributed by atoms with Gasteiger partial charge in [-0.05, 0) is 49.1 Å². The van der Waals surface area contributed by atoms with Crippen molar-refractivity contribution in [3.8, 4) is 11.4 Å². The highest BCUT2D eigenvalue weighted by Crippen LogP contribution is 2.39. The normalized spacial score (nSPS) is 14.9. The van der Waals surface area contributed by atoms with Crippen LogP contribution in [0.5, 0.6) is 5.75 Å². The Morgan fingerprint density at radius 2 is 1.94 bits per heavy atom. The fourth-order valence-electron chi connectivity index (χ4n) is 4.61. The largest absolute Gasteiger partial charge is 0.494 e. The average Bonchev–Trinajstić information content (AvgIpc) is 3.29. The fourth-order valence-corrected chi connectivity index (χ4v) is 4.76. The zero-order valence-electron chi connectivity index (χ0n) is 19.8. The minimum Gasteiger partial charge on any atom is -0.494 e. The molecule has 0 radical (unpaired) electrons. The molecule has 0 aliphatic heterocycles. The van der Waals surface area contributed by atoms with Crippen molar-refractivity contribution in [2.45, 2.75) is 25.2 Å². The lowest BCUT2D eigenvalue weighted by Gasteiger charge is -2.29. The maximum Gasteiger partial charge on any atom is 0.229 e. The van der Waals surface area contributed by atoms with Crippen LogP contribution in [0.25, 0.3) is 5.69 Å². The molecule has 1 atom stereocenters. The zero-order chi connectivity index (χ0) is 24.5. The molecule has 4 aromatic rings. The molecule has 0 bridgehead atoms. The van der Waals surface area contributed by atoms with Crippen molar-refractivity contribution in [2.75, 3.05) is 31.4 Å². The van der Waals surface area contributed by atoms with Crippen LogP contribution in [0.4, 0.5) is 21.8 Å². The van der Waals surface area contributed by atoms with Gasteiger partial charge >= 0.3 is 0 Å². The lowest BCUT2D eigenvalue weighted by atomic mass is 9.82. The van der Waals surface area contributed by atoms with Crippen molar-refractivity contribution in [3.05, 3.63) is 82.8 Å². The lowest BCUT2D eigenvalue weighted by Crippen LogP contribution is -2.21. The SMILES string of the molecule is COc1cc(Nc2nc3c(c(N(C)C)n2)CCC[C@@H]3c2ccc(F)cc2)ccc1-n1cnc(Cl)c1. The molecule has 7 nitrogen and oxygen atoms in total. The Balaban J connectivity index is 1.53. The second kappa shape index (κ2) is 9.54. The molecule has 0 fully saturated rings. The van der Waals surface area contributed by atoms with Crippen LogP contribution in [0.2, 0.25) is 5.15 Å². The molecular formula is C26H26ClFN6O. The first-order valence-corrected chi connectivity index (χ1v) is 11.8. The number of hydrogen-bond acceptors (Lipinski definition) is 6. The number of fused-ring (bicyclic) bond motifs is 1. The van der Waals surface area contributed by atoms with Gasteiger partial charge in [0.05, 0.1) is 18.5 Å². The Kier molecular flexibility index (Phi) is 6.30. The van der Waals surface area contributed by atoms with E-state index in [1.54, 1.807) is 24.2 Å². The van der Waals surface area contributed by atoms with E-state index in [1.807, 2.05) is 49.3 Å². The van der Waals surface area contributed by atoms with Gasteiger partial charge in [0.1, 0.15) is 28.9 Å². The van der Waals surface area contributed by atoms with Gasteiger partial charge in [0.25, 0.3) is 0 Å². The van der Waals surface area contributed by atoms with Crippen LogP contribution in [-0.4, -0.2) is 40.7 Å². The number of aromatic nitrogens is 4. The van der Waals surface area contributed by atoms with E-state index in [-0.39, 0.29) is 11.7 Å². The van der Waals surface area contributed by atoms with E-state index < -0.39 is 0 Å². The molecule has 9 heteroatoms. The highest BCUT2D eigenvalue weighted by Gasteiger charge is 2.28. The number of halogens is 2. The van der Waals surface area contributed by atoms with Gasteiger partial charge in [-0.1, -0.05) is 23.7 Å². The minimum atomic E-state index is -0.237. The second-order valence-electron chi connectivity index (χ2n) is 8.74. The Morgan fingerprint density at radius 3 is 2.63 bits per heavy atom. The highest BCUT2D eigenvalue weighted by molar-refractivity contribution is 6.29. The molecule has 1 aliphatic carbocycles. The van der Waals surface area contributed by atoms with Crippen molar-refractivity contribution in [2.24, 2.45) is 0 Å². The lowest BCUT2D eigenvalue weighted by molar-refractivity contribution is 0.413. The Labute approximate surface area is 208 Å². The van der Waals surface area contributed by atoms with Gasteiger partial charge in [0.2, 0.25) is 5.95 Å². The van der Waals surface area contributed by atoms with Crippen LogP contribution in [0, 0.1) is 5.82 Å². The topological polar surface area (TPSA) is 68.1 Å². The van der Waals surface area contributed by atoms with Crippen LogP contribution < -0.4 is 15.0 Å². The third-order valence-corrected chi connectivity index (χ3v) is 6.42. The van der Waals surface area contributed by atoms with E-state index in [1.165, 1.54) is 12.1 Å². The molecule has 2 heterocycles. The van der Waals surface area contributed by atoms with E-state index in [9.17, 15) is 4.39 Å². The fraction of sp³-hybridized carbons (Fsp3) is 0.269. The second-order valence-corrected chi connectivity index (χ2v) is 9.13. The summed E-state index contributed by atoms with van der Waals surface area (Å²) in [5.41, 5.74) is 4.79. The zero-order valence-corrected chi connectivity index (χ0v) is 20.6. The number of benzene rings is 2. The van der Waals surface area contributed by atoms with Crippen LogP contribution in [-0.2, 0) is 6.42 Å². The quantitative estimate of drug-likeness (QED) is 0.370. The molecule has 2 aromatic heterocycles. The van der Waals surface area contributed by atoms with Gasteiger partial charge in [-0.2, -0.15) is 4.98 Å². The highest BCUT2D eigenvalue weighted by atomic mass is 35.5. The number of nitrogens with zero attached hydrogens (tertiary/aromatic N) is 5. The van der Waals surface area contributed by atoms with Gasteiger partial charge in [-0.25, -0.2) is 14.4 Å². The van der Waals surface area contributed by atoms with Crippen LogP contribution in [0.15, 0.2) is 55.0 Å². The van der Waals surface area contributed by atoms with Crippen LogP contribution >= 0.6 is 11.6 Å². The molecule has 180 valence electrons. The summed E-state index contributed by atoms with van der Waals surface area (Å²) in [6, 6.07) is 12.5. The molecular weight excluding hydrogens is 467 g/mol. The summed E-state index contributed by atoms with van der Waals surface area (Å²) in [4.78, 5) is 15.9. The molecule has 0 saturated heterocycles. The molecule has 0 amide bonds. The molecule has 1 aliphatic rings. The third kappa shape index (κ3) is 4.66. The maximum absolute atomic E-state index is 13.6. The van der Waals surface area contributed by atoms with Gasteiger partial charge < -0.3 is 19.5 Å². The van der Waals surface area contributed by atoms with Crippen LogP contribution in [0.1, 0.15) is 35.6 Å². The molecule has 1 N–H and O–H groups in total. The maximum atomic E-state index is 13.6. The van der Waals surface area contributed by atoms with Gasteiger partial charge in [0, 0.05) is 43.5 Å². The molecule has 2 aromatic carbocycles. The average molecular weight is 493 g/mol. The first kappa shape index (κ1) is 23.1. The number of nitrogens with one attached hydrogen (secondary N) is 1. The van der Waals surface area contributed by atoms with Gasteiger partial charge in [-0.3, -0.25) is 0 Å². The van der Waals surface area contributed by atoms with Gasteiger partial charge in [-0.15, -0.1) is 0 Å². The third-order valence-electron chi connectivity index (χ3n) is 6.23. The number of hydrogen-bond donors (Lipinski definition) is 1. The first-order valence-electron chi connectivity index (χ1n) is 11.4. The van der Waals surface area contributed by atoms with E-state index >= 15 is 0 Å². The summed E-state index contributed by atoms with van der Waals surface area (Å²) in [6.07, 6.45) is 6.26. The Bertz CT molecular complexity index is 1350. The van der Waals surface area contributed by atoms with E-state index in [0.717, 1.165) is 53.3 Å². The summed E-state index contributed by atoms with van der Waals surface area (Å²) >= 11 is 5.98. The smallest absolute Gasteiger partial charge is 0.229 e. The predicted octanol–water partition coefficient (Wildman–Crippen LogP) is 5.74. The van der Waals surface area contributed by atoms with Crippen LogP contribution in [0.3, 0.4) is 0 Å². The van der Waals surface area contributed by atoms with E-state index in [2.05, 4.69) is 10.3 Å². The number of rotatable bonds is 6. The Morgan fingerprint density at radius 1 is 1.14 bits per heavy atom. The van der Waals surface area contributed by atoms with Gasteiger partial charge in [0.15, 0.2) is 0 Å². The molecule has 5 rings (SSSR count). The summed E-state index contributed by atoms with van der Waals surface area (Å²) in [5.74, 6) is 1.89. The van der Waals surface area contributed by atoms with Crippen molar-refractivity contribution in [1.29, 1.82) is 0 Å². The Hall–Kier alpha value is -3.65. The molecule has 0 unspecified atom stereocenters. The minimum absolute atomic E-state index is 0.0875. The monoisotopic (exact) mass is 492 g/mol. The standard InChI is InChI=1S/C26H26ClFN6O/c1-33(2)25-20-6-4-5-19(16-7-9-17(28)10-8-16)24(20)31-26(32-25)30-18-11-12-21(22(13-18)35-3)34-14-23(27)29-15-34/h7-15,19H,4-6H2,1-3H3,(H,30,31,32)/t19-/m1/s1. The number of methoxy groups -OCH3 is 1. The molecule has 0 spiro atoms. The molecule has 0 saturated carbocycles. The number of anilines is 3.